The van der Waals surface area contributed by atoms with Gasteiger partial charge in [-0.25, -0.2) is 4.98 Å². The fourth-order valence-electron chi connectivity index (χ4n) is 3.17. The molecule has 3 aromatic rings. The Morgan fingerprint density at radius 2 is 2.04 bits per heavy atom. The highest BCUT2D eigenvalue weighted by Crippen LogP contribution is 2.22. The summed E-state index contributed by atoms with van der Waals surface area (Å²) in [6.07, 6.45) is 8.53. The normalized spacial score (nSPS) is 13.9. The van der Waals surface area contributed by atoms with Crippen molar-refractivity contribution in [2.24, 2.45) is 11.8 Å². The van der Waals surface area contributed by atoms with Crippen LogP contribution in [0.2, 0.25) is 0 Å². The third-order valence-electron chi connectivity index (χ3n) is 5.24. The number of carbonyl (C=O) groups excluding carboxylic acids is 1. The van der Waals surface area contributed by atoms with E-state index in [0.29, 0.717) is 17.8 Å². The molecule has 0 aliphatic rings. The van der Waals surface area contributed by atoms with E-state index in [-0.39, 0.29) is 11.8 Å². The van der Waals surface area contributed by atoms with E-state index in [0.717, 1.165) is 29.7 Å². The quantitative estimate of drug-likeness (QED) is 0.644. The summed E-state index contributed by atoms with van der Waals surface area (Å²) in [5, 5.41) is 8.46. The monoisotopic (exact) mass is 368 g/mol. The molecule has 3 heterocycles. The van der Waals surface area contributed by atoms with Gasteiger partial charge >= 0.3 is 0 Å². The van der Waals surface area contributed by atoms with E-state index in [1.165, 1.54) is 0 Å². The molecular weight excluding hydrogens is 340 g/mol. The Morgan fingerprint density at radius 1 is 1.26 bits per heavy atom. The van der Waals surface area contributed by atoms with Gasteiger partial charge in [0.15, 0.2) is 5.78 Å². The third kappa shape index (κ3) is 4.18. The number of Topliss-reactive ketones (excluding diaryl/α,β-unsaturated/α-hetero) is 1. The van der Waals surface area contributed by atoms with Gasteiger partial charge in [0.1, 0.15) is 11.7 Å². The maximum Gasteiger partial charge on any atom is 0.229 e. The Balaban J connectivity index is 1.82. The summed E-state index contributed by atoms with van der Waals surface area (Å²) in [5.74, 6) is 1.82. The van der Waals surface area contributed by atoms with Crippen molar-refractivity contribution in [3.63, 3.8) is 0 Å². The van der Waals surface area contributed by atoms with Crippen molar-refractivity contribution >= 4 is 28.5 Å². The Bertz CT molecular complexity index is 926. The van der Waals surface area contributed by atoms with Crippen molar-refractivity contribution in [1.82, 2.24) is 24.3 Å². The fourth-order valence-corrected chi connectivity index (χ4v) is 3.17. The van der Waals surface area contributed by atoms with Crippen LogP contribution in [0.3, 0.4) is 0 Å². The predicted molar refractivity (Wildman–Crippen MR) is 107 cm³/mol. The average Bonchev–Trinajstić information content (AvgIpc) is 3.25. The number of nitrogens with zero attached hydrogens (tertiary/aromatic N) is 5. The van der Waals surface area contributed by atoms with Crippen molar-refractivity contribution in [3.8, 4) is 0 Å². The standard InChI is InChI=1S/C20H28N6O/c1-6-16(13(2)3)11-25-8-7-17-9-21-20(24-19(17)25)23-18-10-22-26(12-18)14(4)15(5)27/h7-10,12-14,16H,6,11H2,1-5H3,(H,21,23,24)/t14?,16-/m0/s1. The summed E-state index contributed by atoms with van der Waals surface area (Å²) in [5.41, 5.74) is 1.69. The first-order chi connectivity index (χ1) is 12.9. The van der Waals surface area contributed by atoms with Crippen molar-refractivity contribution in [2.45, 2.75) is 53.6 Å². The SMILES string of the molecule is CC[C@@H](Cn1ccc2cnc(Nc3cnn(C(C)C(C)=O)c3)nc21)C(C)C. The van der Waals surface area contributed by atoms with Crippen LogP contribution in [0.15, 0.2) is 30.9 Å². The minimum atomic E-state index is -0.289. The lowest BCUT2D eigenvalue weighted by Crippen LogP contribution is -2.15. The number of hydrogen-bond acceptors (Lipinski definition) is 5. The van der Waals surface area contributed by atoms with Crippen LogP contribution in [0.25, 0.3) is 11.0 Å². The highest BCUT2D eigenvalue weighted by Gasteiger charge is 2.15. The van der Waals surface area contributed by atoms with Gasteiger partial charge in [-0.05, 0) is 31.7 Å². The number of rotatable bonds is 8. The van der Waals surface area contributed by atoms with E-state index in [1.807, 2.05) is 13.1 Å². The first kappa shape index (κ1) is 19.1. The summed E-state index contributed by atoms with van der Waals surface area (Å²) in [7, 11) is 0. The zero-order valence-corrected chi connectivity index (χ0v) is 16.7. The first-order valence-electron chi connectivity index (χ1n) is 9.52. The number of anilines is 2. The first-order valence-corrected chi connectivity index (χ1v) is 9.52. The molecule has 7 heteroatoms. The molecule has 2 atom stereocenters. The van der Waals surface area contributed by atoms with Gasteiger partial charge in [-0.3, -0.25) is 9.48 Å². The third-order valence-corrected chi connectivity index (χ3v) is 5.24. The summed E-state index contributed by atoms with van der Waals surface area (Å²) in [6.45, 7) is 11.1. The summed E-state index contributed by atoms with van der Waals surface area (Å²) >= 11 is 0. The van der Waals surface area contributed by atoms with Gasteiger partial charge in [-0.2, -0.15) is 10.1 Å². The van der Waals surface area contributed by atoms with E-state index in [9.17, 15) is 4.79 Å². The van der Waals surface area contributed by atoms with Crippen molar-refractivity contribution < 1.29 is 4.79 Å². The molecule has 144 valence electrons. The smallest absolute Gasteiger partial charge is 0.229 e. The zero-order chi connectivity index (χ0) is 19.6. The van der Waals surface area contributed by atoms with Crippen LogP contribution >= 0.6 is 0 Å². The van der Waals surface area contributed by atoms with Crippen molar-refractivity contribution in [3.05, 3.63) is 30.9 Å². The molecule has 0 spiro atoms. The second-order valence-electron chi connectivity index (χ2n) is 7.47. The largest absolute Gasteiger partial charge is 0.332 e. The molecule has 0 bridgehead atoms. The molecule has 0 aliphatic heterocycles. The van der Waals surface area contributed by atoms with Gasteiger partial charge in [0.2, 0.25) is 5.95 Å². The Kier molecular flexibility index (Phi) is 5.58. The molecule has 0 aromatic carbocycles. The van der Waals surface area contributed by atoms with Crippen molar-refractivity contribution in [1.29, 1.82) is 0 Å². The molecule has 0 aliphatic carbocycles. The second kappa shape index (κ2) is 7.90. The summed E-state index contributed by atoms with van der Waals surface area (Å²) in [6, 6.07) is 1.77. The summed E-state index contributed by atoms with van der Waals surface area (Å²) in [4.78, 5) is 20.6. The molecule has 0 radical (unpaired) electrons. The van der Waals surface area contributed by atoms with Gasteiger partial charge in [-0.15, -0.1) is 0 Å². The highest BCUT2D eigenvalue weighted by molar-refractivity contribution is 5.79. The van der Waals surface area contributed by atoms with Crippen LogP contribution in [0, 0.1) is 11.8 Å². The highest BCUT2D eigenvalue weighted by atomic mass is 16.1. The number of aromatic nitrogens is 5. The Labute approximate surface area is 159 Å². The van der Waals surface area contributed by atoms with Crippen LogP contribution in [0.1, 0.15) is 47.1 Å². The number of ketones is 1. The van der Waals surface area contributed by atoms with Crippen LogP contribution in [0.5, 0.6) is 0 Å². The topological polar surface area (TPSA) is 77.6 Å². The fraction of sp³-hybridized carbons (Fsp3) is 0.500. The molecule has 3 aromatic heterocycles. The molecule has 27 heavy (non-hydrogen) atoms. The van der Waals surface area contributed by atoms with E-state index >= 15 is 0 Å². The van der Waals surface area contributed by atoms with E-state index in [4.69, 9.17) is 4.98 Å². The lowest BCUT2D eigenvalue weighted by atomic mass is 9.93. The second-order valence-corrected chi connectivity index (χ2v) is 7.47. The maximum atomic E-state index is 11.5. The molecule has 7 nitrogen and oxygen atoms in total. The van der Waals surface area contributed by atoms with E-state index in [2.05, 4.69) is 53.0 Å². The van der Waals surface area contributed by atoms with E-state index < -0.39 is 0 Å². The Hall–Kier alpha value is -2.70. The minimum Gasteiger partial charge on any atom is -0.332 e. The number of hydrogen-bond donors (Lipinski definition) is 1. The lowest BCUT2D eigenvalue weighted by Gasteiger charge is -2.20. The van der Waals surface area contributed by atoms with Gasteiger partial charge in [0.05, 0.1) is 11.9 Å². The molecule has 0 saturated heterocycles. The molecule has 1 N–H and O–H groups in total. The lowest BCUT2D eigenvalue weighted by molar-refractivity contribution is -0.119. The summed E-state index contributed by atoms with van der Waals surface area (Å²) < 4.78 is 3.85. The average molecular weight is 368 g/mol. The Morgan fingerprint density at radius 3 is 2.70 bits per heavy atom. The van der Waals surface area contributed by atoms with E-state index in [1.54, 1.807) is 24.0 Å². The zero-order valence-electron chi connectivity index (χ0n) is 16.7. The number of nitrogens with one attached hydrogen (secondary N) is 1. The van der Waals surface area contributed by atoms with Gasteiger partial charge < -0.3 is 9.88 Å². The van der Waals surface area contributed by atoms with Crippen LogP contribution in [0.4, 0.5) is 11.6 Å². The van der Waals surface area contributed by atoms with Crippen LogP contribution in [-0.2, 0) is 11.3 Å². The molecule has 0 amide bonds. The van der Waals surface area contributed by atoms with Crippen molar-refractivity contribution in [2.75, 3.05) is 5.32 Å². The van der Waals surface area contributed by atoms with Gasteiger partial charge in [0.25, 0.3) is 0 Å². The predicted octanol–water partition coefficient (Wildman–Crippen LogP) is 4.20. The van der Waals surface area contributed by atoms with Crippen LogP contribution < -0.4 is 5.32 Å². The molecule has 3 rings (SSSR count). The maximum absolute atomic E-state index is 11.5. The van der Waals surface area contributed by atoms with Gasteiger partial charge in [0, 0.05) is 30.5 Å². The minimum absolute atomic E-state index is 0.0655. The number of carbonyl (C=O) groups is 1. The van der Waals surface area contributed by atoms with Crippen LogP contribution in [-0.4, -0.2) is 30.1 Å². The molecule has 0 saturated carbocycles. The molecular formula is C20H28N6O. The molecule has 0 fully saturated rings. The molecule has 1 unspecified atom stereocenters. The van der Waals surface area contributed by atoms with Gasteiger partial charge in [-0.1, -0.05) is 27.2 Å². The number of fused-ring (bicyclic) bond motifs is 1.